The number of phenolic OH excluding ortho intramolecular Hbond substituents is 1. The number of phenols is 1. The van der Waals surface area contributed by atoms with E-state index < -0.39 is 11.8 Å². The maximum atomic E-state index is 14.3. The second-order valence-electron chi connectivity index (χ2n) is 7.58. The van der Waals surface area contributed by atoms with Gasteiger partial charge in [-0.3, -0.25) is 9.59 Å². The van der Waals surface area contributed by atoms with Gasteiger partial charge in [-0.2, -0.15) is 0 Å². The number of hydrogen-bond donors (Lipinski definition) is 2. The van der Waals surface area contributed by atoms with Crippen LogP contribution in [0.15, 0.2) is 60.7 Å². The lowest BCUT2D eigenvalue weighted by Gasteiger charge is -2.21. The van der Waals surface area contributed by atoms with E-state index in [9.17, 15) is 19.1 Å². The number of benzene rings is 3. The zero-order valence-electron chi connectivity index (χ0n) is 17.3. The molecule has 0 aliphatic carbocycles. The van der Waals surface area contributed by atoms with Crippen LogP contribution in [0.4, 0.5) is 10.1 Å². The fourth-order valence-electron chi connectivity index (χ4n) is 3.88. The minimum atomic E-state index is -0.981. The number of carbonyl (C=O) groups is 2. The van der Waals surface area contributed by atoms with Gasteiger partial charge in [-0.1, -0.05) is 36.4 Å². The summed E-state index contributed by atoms with van der Waals surface area (Å²) in [7, 11) is 0. The summed E-state index contributed by atoms with van der Waals surface area (Å²) in [5.41, 5.74) is 3.08. The quantitative estimate of drug-likeness (QED) is 0.577. The van der Waals surface area contributed by atoms with Gasteiger partial charge in [0.05, 0.1) is 11.3 Å². The van der Waals surface area contributed by atoms with Crippen molar-refractivity contribution in [3.8, 4) is 11.5 Å². The number of hydrogen-bond acceptors (Lipinski definition) is 4. The number of carboxylic acid groups (broad SMARTS) is 1. The number of amides is 1. The standard InChI is InChI=1S/C25H22FNO5/c26-21-14-19(10-8-16(21)9-11-23(29)30)32-15-18-5-3-4-17-12-13-27(24(17)18)25(31)20-6-1-2-7-22(20)28/h1-8,10,14,28H,9,11-13,15H2,(H,29,30). The van der Waals surface area contributed by atoms with Gasteiger partial charge in [-0.25, -0.2) is 4.39 Å². The van der Waals surface area contributed by atoms with Crippen LogP contribution in [0.2, 0.25) is 0 Å². The molecule has 0 saturated carbocycles. The predicted molar refractivity (Wildman–Crippen MR) is 117 cm³/mol. The lowest BCUT2D eigenvalue weighted by Crippen LogP contribution is -2.29. The summed E-state index contributed by atoms with van der Waals surface area (Å²) < 4.78 is 20.1. The van der Waals surface area contributed by atoms with E-state index in [4.69, 9.17) is 9.84 Å². The number of rotatable bonds is 7. The molecule has 4 rings (SSSR count). The van der Waals surface area contributed by atoms with Crippen molar-refractivity contribution >= 4 is 17.6 Å². The summed E-state index contributed by atoms with van der Waals surface area (Å²) in [6, 6.07) is 16.5. The van der Waals surface area contributed by atoms with Gasteiger partial charge in [0.15, 0.2) is 0 Å². The molecule has 0 atom stereocenters. The topological polar surface area (TPSA) is 87.1 Å². The highest BCUT2D eigenvalue weighted by molar-refractivity contribution is 6.09. The fraction of sp³-hybridized carbons (Fsp3) is 0.200. The van der Waals surface area contributed by atoms with E-state index in [1.165, 1.54) is 18.2 Å². The Morgan fingerprint density at radius 3 is 2.59 bits per heavy atom. The van der Waals surface area contributed by atoms with Crippen LogP contribution < -0.4 is 9.64 Å². The average molecular weight is 435 g/mol. The molecule has 0 radical (unpaired) electrons. The molecular weight excluding hydrogens is 413 g/mol. The molecule has 1 amide bonds. The van der Waals surface area contributed by atoms with Crippen LogP contribution in [0, 0.1) is 5.82 Å². The molecule has 164 valence electrons. The first-order valence-electron chi connectivity index (χ1n) is 10.3. The van der Waals surface area contributed by atoms with Crippen LogP contribution >= 0.6 is 0 Å². The number of carboxylic acids is 1. The van der Waals surface area contributed by atoms with E-state index in [0.29, 0.717) is 24.3 Å². The molecule has 7 heteroatoms. The largest absolute Gasteiger partial charge is 0.507 e. The van der Waals surface area contributed by atoms with Crippen LogP contribution in [-0.2, 0) is 24.2 Å². The van der Waals surface area contributed by atoms with E-state index >= 15 is 0 Å². The Labute approximate surface area is 184 Å². The summed E-state index contributed by atoms with van der Waals surface area (Å²) >= 11 is 0. The highest BCUT2D eigenvalue weighted by Crippen LogP contribution is 2.35. The number of aromatic hydroxyl groups is 1. The lowest BCUT2D eigenvalue weighted by molar-refractivity contribution is -0.136. The number of nitrogens with zero attached hydrogens (tertiary/aromatic N) is 1. The van der Waals surface area contributed by atoms with E-state index in [-0.39, 0.29) is 36.7 Å². The van der Waals surface area contributed by atoms with Crippen molar-refractivity contribution in [2.45, 2.75) is 25.9 Å². The first-order valence-corrected chi connectivity index (χ1v) is 10.3. The van der Waals surface area contributed by atoms with E-state index in [0.717, 1.165) is 16.8 Å². The van der Waals surface area contributed by atoms with Gasteiger partial charge in [0.2, 0.25) is 0 Å². The second kappa shape index (κ2) is 9.09. The molecule has 1 aliphatic rings. The number of ether oxygens (including phenoxy) is 1. The van der Waals surface area contributed by atoms with Gasteiger partial charge in [0.25, 0.3) is 5.91 Å². The molecule has 3 aromatic carbocycles. The smallest absolute Gasteiger partial charge is 0.303 e. The third-order valence-corrected chi connectivity index (χ3v) is 5.48. The molecule has 0 spiro atoms. The van der Waals surface area contributed by atoms with Crippen molar-refractivity contribution in [1.29, 1.82) is 0 Å². The van der Waals surface area contributed by atoms with Gasteiger partial charge < -0.3 is 19.8 Å². The summed E-state index contributed by atoms with van der Waals surface area (Å²) in [4.78, 5) is 25.4. The van der Waals surface area contributed by atoms with Crippen LogP contribution in [0.25, 0.3) is 0 Å². The van der Waals surface area contributed by atoms with Gasteiger partial charge in [0, 0.05) is 24.6 Å². The van der Waals surface area contributed by atoms with Crippen molar-refractivity contribution in [2.75, 3.05) is 11.4 Å². The maximum absolute atomic E-state index is 14.3. The normalized spacial score (nSPS) is 12.5. The Morgan fingerprint density at radius 1 is 1.03 bits per heavy atom. The molecule has 0 fully saturated rings. The summed E-state index contributed by atoms with van der Waals surface area (Å²) in [5.74, 6) is -1.54. The number of aliphatic carboxylic acids is 1. The maximum Gasteiger partial charge on any atom is 0.303 e. The molecule has 2 N–H and O–H groups in total. The Hall–Kier alpha value is -3.87. The van der Waals surface area contributed by atoms with Crippen molar-refractivity contribution < 1.29 is 28.9 Å². The van der Waals surface area contributed by atoms with Crippen LogP contribution in [0.5, 0.6) is 11.5 Å². The summed E-state index contributed by atoms with van der Waals surface area (Å²) in [6.07, 6.45) is 0.653. The Balaban J connectivity index is 1.53. The van der Waals surface area contributed by atoms with Crippen LogP contribution in [-0.4, -0.2) is 28.6 Å². The van der Waals surface area contributed by atoms with Gasteiger partial charge in [0.1, 0.15) is 23.9 Å². The molecule has 32 heavy (non-hydrogen) atoms. The number of carbonyl (C=O) groups excluding carboxylic acids is 1. The molecule has 1 heterocycles. The minimum Gasteiger partial charge on any atom is -0.507 e. The van der Waals surface area contributed by atoms with Gasteiger partial charge in [-0.05, 0) is 42.2 Å². The van der Waals surface area contributed by atoms with Crippen molar-refractivity contribution in [2.24, 2.45) is 0 Å². The Kier molecular flexibility index (Phi) is 6.07. The molecule has 6 nitrogen and oxygen atoms in total. The Morgan fingerprint density at radius 2 is 1.84 bits per heavy atom. The summed E-state index contributed by atoms with van der Waals surface area (Å²) in [6.45, 7) is 0.619. The molecule has 0 saturated heterocycles. The number of aryl methyl sites for hydroxylation is 1. The predicted octanol–water partition coefficient (Wildman–Crippen LogP) is 4.33. The minimum absolute atomic E-state index is 0.0712. The molecule has 0 unspecified atom stereocenters. The SMILES string of the molecule is O=C(O)CCc1ccc(OCc2cccc3c2N(C(=O)c2ccccc2O)CC3)cc1F. The fourth-order valence-corrected chi connectivity index (χ4v) is 3.88. The van der Waals surface area contributed by atoms with Crippen LogP contribution in [0.3, 0.4) is 0 Å². The third-order valence-electron chi connectivity index (χ3n) is 5.48. The zero-order chi connectivity index (χ0) is 22.7. The van der Waals surface area contributed by atoms with Gasteiger partial charge >= 0.3 is 5.97 Å². The van der Waals surface area contributed by atoms with Crippen LogP contribution in [0.1, 0.15) is 33.5 Å². The zero-order valence-corrected chi connectivity index (χ0v) is 17.3. The highest BCUT2D eigenvalue weighted by atomic mass is 19.1. The first-order chi connectivity index (χ1) is 15.4. The average Bonchev–Trinajstić information content (AvgIpc) is 3.21. The Bertz CT molecular complexity index is 1180. The van der Waals surface area contributed by atoms with E-state index in [1.807, 2.05) is 18.2 Å². The van der Waals surface area contributed by atoms with Gasteiger partial charge in [-0.15, -0.1) is 0 Å². The van der Waals surface area contributed by atoms with Crippen molar-refractivity contribution in [1.82, 2.24) is 0 Å². The molecule has 1 aliphatic heterocycles. The second-order valence-corrected chi connectivity index (χ2v) is 7.58. The number of anilines is 1. The molecule has 0 aromatic heterocycles. The molecular formula is C25H22FNO5. The summed E-state index contributed by atoms with van der Waals surface area (Å²) in [5, 5.41) is 18.9. The lowest BCUT2D eigenvalue weighted by atomic mass is 10.1. The van der Waals surface area contributed by atoms with Crippen molar-refractivity contribution in [3.05, 3.63) is 88.7 Å². The van der Waals surface area contributed by atoms with E-state index in [1.54, 1.807) is 29.2 Å². The highest BCUT2D eigenvalue weighted by Gasteiger charge is 2.29. The first kappa shape index (κ1) is 21.4. The third kappa shape index (κ3) is 4.42. The molecule has 3 aromatic rings. The van der Waals surface area contributed by atoms with E-state index in [2.05, 4.69) is 0 Å². The van der Waals surface area contributed by atoms with Crippen molar-refractivity contribution in [3.63, 3.8) is 0 Å². The number of halogens is 1. The monoisotopic (exact) mass is 435 g/mol. The number of fused-ring (bicyclic) bond motifs is 1. The molecule has 0 bridgehead atoms. The number of para-hydroxylation sites is 2.